The van der Waals surface area contributed by atoms with Crippen LogP contribution in [0.3, 0.4) is 0 Å². The summed E-state index contributed by atoms with van der Waals surface area (Å²) in [7, 11) is 0. The number of benzene rings is 2. The lowest BCUT2D eigenvalue weighted by Crippen LogP contribution is -2.28. The van der Waals surface area contributed by atoms with Gasteiger partial charge in [0.05, 0.1) is 6.54 Å². The van der Waals surface area contributed by atoms with Gasteiger partial charge in [-0.1, -0.05) is 30.3 Å². The Hall–Kier alpha value is -2.89. The van der Waals surface area contributed by atoms with Crippen molar-refractivity contribution in [2.75, 3.05) is 13.2 Å². The highest BCUT2D eigenvalue weighted by Gasteiger charge is 2.03. The molecule has 1 aromatic heterocycles. The summed E-state index contributed by atoms with van der Waals surface area (Å²) in [4.78, 5) is 15.7. The van der Waals surface area contributed by atoms with E-state index >= 15 is 0 Å². The summed E-state index contributed by atoms with van der Waals surface area (Å²) in [5.41, 5.74) is 0. The molecule has 2 N–H and O–H groups in total. The third-order valence-electron chi connectivity index (χ3n) is 3.47. The molecule has 6 heteroatoms. The molecule has 3 rings (SSSR count). The van der Waals surface area contributed by atoms with Crippen molar-refractivity contribution < 1.29 is 9.53 Å². The molecule has 0 aliphatic heterocycles. The molecule has 0 fully saturated rings. The number of carbonyl (C=O) groups excluding carboxylic acids is 1. The van der Waals surface area contributed by atoms with Crippen LogP contribution in [0.2, 0.25) is 0 Å². The van der Waals surface area contributed by atoms with Gasteiger partial charge in [-0.15, -0.1) is 0 Å². The largest absolute Gasteiger partial charge is 0.492 e. The second-order valence-corrected chi connectivity index (χ2v) is 5.14. The Morgan fingerprint density at radius 2 is 2.04 bits per heavy atom. The van der Waals surface area contributed by atoms with E-state index in [1.807, 2.05) is 36.4 Å². The quantitative estimate of drug-likeness (QED) is 0.655. The minimum absolute atomic E-state index is 0.0245. The number of aromatic amines is 1. The SMILES string of the molecule is O=C(CCc1ncn[nH]1)NCCOc1ccc2ccccc2c1. The number of H-pyrrole nitrogens is 1. The zero-order valence-corrected chi connectivity index (χ0v) is 12.7. The number of nitrogens with one attached hydrogen (secondary N) is 2. The van der Waals surface area contributed by atoms with Crippen molar-refractivity contribution in [1.29, 1.82) is 0 Å². The van der Waals surface area contributed by atoms with E-state index < -0.39 is 0 Å². The molecule has 0 unspecified atom stereocenters. The number of aryl methyl sites for hydroxylation is 1. The topological polar surface area (TPSA) is 79.9 Å². The van der Waals surface area contributed by atoms with Gasteiger partial charge in [0, 0.05) is 12.8 Å². The van der Waals surface area contributed by atoms with Crippen molar-refractivity contribution in [3.05, 3.63) is 54.6 Å². The number of hydrogen-bond acceptors (Lipinski definition) is 4. The molecule has 23 heavy (non-hydrogen) atoms. The fraction of sp³-hybridized carbons (Fsp3) is 0.235. The summed E-state index contributed by atoms with van der Waals surface area (Å²) in [6, 6.07) is 14.1. The van der Waals surface area contributed by atoms with E-state index in [2.05, 4.69) is 26.6 Å². The first-order chi connectivity index (χ1) is 11.3. The smallest absolute Gasteiger partial charge is 0.220 e. The zero-order chi connectivity index (χ0) is 15.9. The van der Waals surface area contributed by atoms with Crippen molar-refractivity contribution in [1.82, 2.24) is 20.5 Å². The molecular formula is C17H18N4O2. The third kappa shape index (κ3) is 4.29. The molecule has 1 heterocycles. The first-order valence-corrected chi connectivity index (χ1v) is 7.54. The van der Waals surface area contributed by atoms with Crippen LogP contribution in [0.5, 0.6) is 5.75 Å². The molecule has 0 saturated carbocycles. The van der Waals surface area contributed by atoms with Gasteiger partial charge in [-0.05, 0) is 22.9 Å². The lowest BCUT2D eigenvalue weighted by molar-refractivity contribution is -0.121. The van der Waals surface area contributed by atoms with Crippen LogP contribution in [0.1, 0.15) is 12.2 Å². The number of fused-ring (bicyclic) bond motifs is 1. The molecule has 0 aliphatic carbocycles. The molecule has 1 amide bonds. The highest BCUT2D eigenvalue weighted by atomic mass is 16.5. The monoisotopic (exact) mass is 310 g/mol. The Bertz CT molecular complexity index is 771. The van der Waals surface area contributed by atoms with Gasteiger partial charge in [0.1, 0.15) is 24.5 Å². The molecular weight excluding hydrogens is 292 g/mol. The van der Waals surface area contributed by atoms with Crippen LogP contribution in [0.15, 0.2) is 48.8 Å². The minimum atomic E-state index is -0.0245. The first kappa shape index (κ1) is 15.0. The minimum Gasteiger partial charge on any atom is -0.492 e. The maximum atomic E-state index is 11.7. The molecule has 0 bridgehead atoms. The lowest BCUT2D eigenvalue weighted by atomic mass is 10.1. The first-order valence-electron chi connectivity index (χ1n) is 7.54. The van der Waals surface area contributed by atoms with E-state index in [0.717, 1.165) is 11.1 Å². The average molecular weight is 310 g/mol. The van der Waals surface area contributed by atoms with Crippen LogP contribution < -0.4 is 10.1 Å². The predicted octanol–water partition coefficient (Wildman–Crippen LogP) is 2.09. The Morgan fingerprint density at radius 3 is 2.87 bits per heavy atom. The predicted molar refractivity (Wildman–Crippen MR) is 87.2 cm³/mol. The number of aromatic nitrogens is 3. The second kappa shape index (κ2) is 7.40. The van der Waals surface area contributed by atoms with Gasteiger partial charge in [-0.2, -0.15) is 5.10 Å². The number of amides is 1. The fourth-order valence-corrected chi connectivity index (χ4v) is 2.29. The van der Waals surface area contributed by atoms with Crippen LogP contribution >= 0.6 is 0 Å². The molecule has 0 radical (unpaired) electrons. The van der Waals surface area contributed by atoms with Gasteiger partial charge in [0.25, 0.3) is 0 Å². The number of carbonyl (C=O) groups is 1. The highest BCUT2D eigenvalue weighted by molar-refractivity contribution is 5.83. The Labute approximate surface area is 133 Å². The molecule has 0 atom stereocenters. The number of hydrogen-bond donors (Lipinski definition) is 2. The van der Waals surface area contributed by atoms with E-state index in [0.29, 0.717) is 31.8 Å². The van der Waals surface area contributed by atoms with E-state index in [4.69, 9.17) is 4.74 Å². The van der Waals surface area contributed by atoms with E-state index in [1.165, 1.54) is 11.7 Å². The molecule has 118 valence electrons. The molecule has 6 nitrogen and oxygen atoms in total. The van der Waals surface area contributed by atoms with Crippen molar-refractivity contribution in [2.24, 2.45) is 0 Å². The van der Waals surface area contributed by atoms with Gasteiger partial charge in [-0.25, -0.2) is 4.98 Å². The number of nitrogens with zero attached hydrogens (tertiary/aromatic N) is 2. The van der Waals surface area contributed by atoms with Crippen LogP contribution in [-0.4, -0.2) is 34.2 Å². The van der Waals surface area contributed by atoms with Crippen molar-refractivity contribution >= 4 is 16.7 Å². The van der Waals surface area contributed by atoms with Crippen LogP contribution in [-0.2, 0) is 11.2 Å². The van der Waals surface area contributed by atoms with Crippen LogP contribution in [0.4, 0.5) is 0 Å². The number of ether oxygens (including phenoxy) is 1. The van der Waals surface area contributed by atoms with Crippen molar-refractivity contribution in [3.8, 4) is 5.75 Å². The van der Waals surface area contributed by atoms with Crippen LogP contribution in [0, 0.1) is 0 Å². The van der Waals surface area contributed by atoms with Gasteiger partial charge in [-0.3, -0.25) is 9.89 Å². The van der Waals surface area contributed by atoms with E-state index in [9.17, 15) is 4.79 Å². The summed E-state index contributed by atoms with van der Waals surface area (Å²) in [5, 5.41) is 11.6. The summed E-state index contributed by atoms with van der Waals surface area (Å²) in [5.74, 6) is 1.50. The molecule has 0 aliphatic rings. The molecule has 3 aromatic rings. The van der Waals surface area contributed by atoms with Gasteiger partial charge in [0.2, 0.25) is 5.91 Å². The van der Waals surface area contributed by atoms with E-state index in [-0.39, 0.29) is 5.91 Å². The maximum Gasteiger partial charge on any atom is 0.220 e. The lowest BCUT2D eigenvalue weighted by Gasteiger charge is -2.08. The van der Waals surface area contributed by atoms with E-state index in [1.54, 1.807) is 0 Å². The summed E-state index contributed by atoms with van der Waals surface area (Å²) in [6.45, 7) is 0.911. The van der Waals surface area contributed by atoms with Crippen molar-refractivity contribution in [3.63, 3.8) is 0 Å². The summed E-state index contributed by atoms with van der Waals surface area (Å²) in [6.07, 6.45) is 2.37. The maximum absolute atomic E-state index is 11.7. The average Bonchev–Trinajstić information content (AvgIpc) is 3.10. The molecule has 2 aromatic carbocycles. The highest BCUT2D eigenvalue weighted by Crippen LogP contribution is 2.20. The third-order valence-corrected chi connectivity index (χ3v) is 3.47. The standard InChI is InChI=1S/C17H18N4O2/c22-17(8-7-16-19-12-20-21-16)18-9-10-23-15-6-5-13-3-1-2-4-14(13)11-15/h1-6,11-12H,7-10H2,(H,18,22)(H,19,20,21). The summed E-state index contributed by atoms with van der Waals surface area (Å²) >= 11 is 0. The second-order valence-electron chi connectivity index (χ2n) is 5.14. The Balaban J connectivity index is 1.39. The molecule has 0 spiro atoms. The number of rotatable bonds is 7. The zero-order valence-electron chi connectivity index (χ0n) is 12.7. The van der Waals surface area contributed by atoms with Crippen LogP contribution in [0.25, 0.3) is 10.8 Å². The van der Waals surface area contributed by atoms with Gasteiger partial charge >= 0.3 is 0 Å². The van der Waals surface area contributed by atoms with Gasteiger partial charge < -0.3 is 10.1 Å². The normalized spacial score (nSPS) is 10.6. The Kier molecular flexibility index (Phi) is 4.83. The molecule has 0 saturated heterocycles. The Morgan fingerprint density at radius 1 is 1.17 bits per heavy atom. The van der Waals surface area contributed by atoms with Gasteiger partial charge in [0.15, 0.2) is 0 Å². The summed E-state index contributed by atoms with van der Waals surface area (Å²) < 4.78 is 5.67. The van der Waals surface area contributed by atoms with Crippen molar-refractivity contribution in [2.45, 2.75) is 12.8 Å². The fourth-order valence-electron chi connectivity index (χ4n) is 2.29.